The molecular formula is C12H15KN2O2. The van der Waals surface area contributed by atoms with Gasteiger partial charge in [-0.1, -0.05) is 13.8 Å². The Hall–Kier alpha value is 0.0564. The van der Waals surface area contributed by atoms with Crippen LogP contribution in [0, 0.1) is 5.41 Å². The molecule has 0 N–H and O–H groups in total. The molecule has 1 aromatic heterocycles. The fourth-order valence-electron chi connectivity index (χ4n) is 2.18. The number of ketones is 2. The Bertz CT molecular complexity index is 411. The normalized spacial score (nSPS) is 19.9. The van der Waals surface area contributed by atoms with E-state index in [1.807, 2.05) is 13.8 Å². The molecule has 0 spiro atoms. The van der Waals surface area contributed by atoms with Crippen molar-refractivity contribution in [2.24, 2.45) is 5.41 Å². The number of Topliss-reactive ketones (excluding diaryl/α,β-unsaturated/α-hetero) is 2. The predicted molar refractivity (Wildman–Crippen MR) is 65.0 cm³/mol. The molecule has 0 atom stereocenters. The van der Waals surface area contributed by atoms with Gasteiger partial charge in [0.05, 0.1) is 5.69 Å². The van der Waals surface area contributed by atoms with Gasteiger partial charge in [-0.15, -0.1) is 0 Å². The maximum atomic E-state index is 11.9. The number of carbonyl (C=O) groups is 2. The topological polar surface area (TPSA) is 59.9 Å². The second-order valence-electron chi connectivity index (χ2n) is 5.01. The van der Waals surface area contributed by atoms with Crippen LogP contribution < -0.4 is 0 Å². The SMILES string of the molecule is CC1(C)CC(=O)C(c2cnccn2)C(=O)C1.[KH]. The van der Waals surface area contributed by atoms with E-state index in [2.05, 4.69) is 9.97 Å². The van der Waals surface area contributed by atoms with Crippen LogP contribution in [0.4, 0.5) is 0 Å². The molecule has 17 heavy (non-hydrogen) atoms. The molecule has 0 aliphatic heterocycles. The minimum atomic E-state index is -0.693. The van der Waals surface area contributed by atoms with Crippen molar-refractivity contribution in [3.8, 4) is 0 Å². The van der Waals surface area contributed by atoms with Crippen molar-refractivity contribution < 1.29 is 9.59 Å². The van der Waals surface area contributed by atoms with E-state index in [0.29, 0.717) is 18.5 Å². The summed E-state index contributed by atoms with van der Waals surface area (Å²) in [5.74, 6) is -0.773. The van der Waals surface area contributed by atoms with Gasteiger partial charge in [0.15, 0.2) is 0 Å². The van der Waals surface area contributed by atoms with Crippen LogP contribution >= 0.6 is 0 Å². The summed E-state index contributed by atoms with van der Waals surface area (Å²) in [4.78, 5) is 31.8. The first-order chi connectivity index (χ1) is 7.49. The van der Waals surface area contributed by atoms with E-state index in [1.54, 1.807) is 0 Å². The van der Waals surface area contributed by atoms with Crippen molar-refractivity contribution in [1.29, 1.82) is 0 Å². The molecule has 4 nitrogen and oxygen atoms in total. The molecule has 1 aromatic rings. The van der Waals surface area contributed by atoms with Gasteiger partial charge in [0, 0.05) is 31.4 Å². The van der Waals surface area contributed by atoms with Crippen LogP contribution in [0.15, 0.2) is 18.6 Å². The first-order valence-electron chi connectivity index (χ1n) is 5.31. The van der Waals surface area contributed by atoms with E-state index in [0.717, 1.165) is 0 Å². The Morgan fingerprint density at radius 3 is 2.24 bits per heavy atom. The molecule has 86 valence electrons. The van der Waals surface area contributed by atoms with E-state index in [9.17, 15) is 9.59 Å². The molecule has 1 fully saturated rings. The summed E-state index contributed by atoms with van der Waals surface area (Å²) in [5, 5.41) is 0. The van der Waals surface area contributed by atoms with E-state index < -0.39 is 5.92 Å². The monoisotopic (exact) mass is 258 g/mol. The van der Waals surface area contributed by atoms with E-state index in [1.165, 1.54) is 18.6 Å². The van der Waals surface area contributed by atoms with Crippen LogP contribution in [0.5, 0.6) is 0 Å². The zero-order valence-corrected chi connectivity index (χ0v) is 9.43. The molecular weight excluding hydrogens is 243 g/mol. The fraction of sp³-hybridized carbons (Fsp3) is 0.500. The molecule has 0 aromatic carbocycles. The van der Waals surface area contributed by atoms with Crippen molar-refractivity contribution in [1.82, 2.24) is 9.97 Å². The van der Waals surface area contributed by atoms with Gasteiger partial charge in [0.2, 0.25) is 0 Å². The third-order valence-electron chi connectivity index (χ3n) is 2.83. The van der Waals surface area contributed by atoms with Crippen LogP contribution in [-0.2, 0) is 9.59 Å². The molecule has 1 saturated carbocycles. The average molecular weight is 258 g/mol. The molecule has 0 amide bonds. The van der Waals surface area contributed by atoms with Crippen molar-refractivity contribution in [3.05, 3.63) is 24.3 Å². The van der Waals surface area contributed by atoms with E-state index in [4.69, 9.17) is 0 Å². The summed E-state index contributed by atoms with van der Waals surface area (Å²) >= 11 is 0. The number of aromatic nitrogens is 2. The van der Waals surface area contributed by atoms with Crippen LogP contribution in [0.25, 0.3) is 0 Å². The molecule has 1 aliphatic rings. The third kappa shape index (κ3) is 3.51. The maximum absolute atomic E-state index is 11.9. The Labute approximate surface area is 143 Å². The number of hydrogen-bond donors (Lipinski definition) is 0. The van der Waals surface area contributed by atoms with Gasteiger partial charge in [0.1, 0.15) is 17.5 Å². The zero-order valence-electron chi connectivity index (χ0n) is 9.43. The number of carbonyl (C=O) groups excluding carboxylic acids is 2. The van der Waals surface area contributed by atoms with E-state index >= 15 is 0 Å². The Morgan fingerprint density at radius 2 is 1.76 bits per heavy atom. The second-order valence-corrected chi connectivity index (χ2v) is 5.01. The standard InChI is InChI=1S/C12H14N2O2.K.H/c1-12(2)5-9(15)11(10(16)6-12)8-7-13-3-4-14-8;;/h3-4,7,11H,5-6H2,1-2H3;;. The summed E-state index contributed by atoms with van der Waals surface area (Å²) in [6, 6.07) is 0. The summed E-state index contributed by atoms with van der Waals surface area (Å²) in [5.41, 5.74) is 0.264. The predicted octanol–water partition coefficient (Wildman–Crippen LogP) is 0.870. The second kappa shape index (κ2) is 5.80. The number of rotatable bonds is 1. The minimum absolute atomic E-state index is 0. The molecule has 0 unspecified atom stereocenters. The van der Waals surface area contributed by atoms with Crippen molar-refractivity contribution in [3.63, 3.8) is 0 Å². The van der Waals surface area contributed by atoms with Crippen molar-refractivity contribution >= 4 is 63.0 Å². The molecule has 1 aliphatic carbocycles. The Morgan fingerprint density at radius 1 is 1.18 bits per heavy atom. The molecule has 0 radical (unpaired) electrons. The van der Waals surface area contributed by atoms with Crippen LogP contribution in [0.3, 0.4) is 0 Å². The molecule has 0 saturated heterocycles. The first-order valence-corrected chi connectivity index (χ1v) is 5.31. The molecule has 0 bridgehead atoms. The summed E-state index contributed by atoms with van der Waals surface area (Å²) in [6.07, 6.45) is 5.40. The molecule has 5 heteroatoms. The van der Waals surface area contributed by atoms with Crippen molar-refractivity contribution in [2.75, 3.05) is 0 Å². The van der Waals surface area contributed by atoms with Gasteiger partial charge in [0.25, 0.3) is 0 Å². The quantitative estimate of drug-likeness (QED) is 0.554. The number of nitrogens with zero attached hydrogens (tertiary/aromatic N) is 2. The Balaban J connectivity index is 0.00000144. The van der Waals surface area contributed by atoms with Gasteiger partial charge >= 0.3 is 51.4 Å². The van der Waals surface area contributed by atoms with Gasteiger partial charge in [-0.05, 0) is 5.41 Å². The average Bonchev–Trinajstić information content (AvgIpc) is 2.16. The first kappa shape index (κ1) is 15.1. The van der Waals surface area contributed by atoms with Gasteiger partial charge in [-0.2, -0.15) is 0 Å². The zero-order chi connectivity index (χ0) is 11.8. The number of hydrogen-bond acceptors (Lipinski definition) is 4. The van der Waals surface area contributed by atoms with Gasteiger partial charge in [-0.3, -0.25) is 19.6 Å². The summed E-state index contributed by atoms with van der Waals surface area (Å²) < 4.78 is 0. The summed E-state index contributed by atoms with van der Waals surface area (Å²) in [6.45, 7) is 3.88. The molecule has 1 heterocycles. The third-order valence-corrected chi connectivity index (χ3v) is 2.83. The van der Waals surface area contributed by atoms with Gasteiger partial charge in [-0.25, -0.2) is 0 Å². The fourth-order valence-corrected chi connectivity index (χ4v) is 2.18. The van der Waals surface area contributed by atoms with Crippen molar-refractivity contribution in [2.45, 2.75) is 32.6 Å². The van der Waals surface area contributed by atoms with Crippen LogP contribution in [0.2, 0.25) is 0 Å². The van der Waals surface area contributed by atoms with Crippen LogP contribution in [0.1, 0.15) is 38.3 Å². The summed E-state index contributed by atoms with van der Waals surface area (Å²) in [7, 11) is 0. The van der Waals surface area contributed by atoms with Gasteiger partial charge < -0.3 is 0 Å². The Kier molecular flexibility index (Phi) is 5.15. The van der Waals surface area contributed by atoms with E-state index in [-0.39, 0.29) is 68.4 Å². The van der Waals surface area contributed by atoms with Crippen LogP contribution in [-0.4, -0.2) is 72.9 Å². The molecule has 2 rings (SSSR count).